The van der Waals surface area contributed by atoms with E-state index in [-0.39, 0.29) is 25.7 Å². The van der Waals surface area contributed by atoms with Gasteiger partial charge < -0.3 is 33.8 Å². The first-order chi connectivity index (χ1) is 42.1. The molecule has 3 unspecified atom stereocenters. The number of carbonyl (C=O) groups is 4. The monoisotopic (exact) mass is 1300 g/mol. The molecule has 0 aromatic heterocycles. The molecular formula is C69H134O17P2. The van der Waals surface area contributed by atoms with E-state index in [2.05, 4.69) is 55.4 Å². The summed E-state index contributed by atoms with van der Waals surface area (Å²) >= 11 is 0. The zero-order valence-electron chi connectivity index (χ0n) is 57.3. The maximum Gasteiger partial charge on any atom is 0.472 e. The Morgan fingerprint density at radius 1 is 0.318 bits per heavy atom. The minimum absolute atomic E-state index is 0.103. The van der Waals surface area contributed by atoms with Gasteiger partial charge in [-0.05, 0) is 49.4 Å². The van der Waals surface area contributed by atoms with Gasteiger partial charge in [0.25, 0.3) is 0 Å². The molecule has 3 N–H and O–H groups in total. The van der Waals surface area contributed by atoms with E-state index in [0.29, 0.717) is 37.5 Å². The summed E-state index contributed by atoms with van der Waals surface area (Å²) in [6.45, 7) is 14.0. The number of phosphoric ester groups is 2. The molecule has 17 nitrogen and oxygen atoms in total. The molecule has 6 atom stereocenters. The molecule has 0 spiro atoms. The maximum absolute atomic E-state index is 13.0. The smallest absolute Gasteiger partial charge is 0.462 e. The minimum atomic E-state index is -4.95. The lowest BCUT2D eigenvalue weighted by Gasteiger charge is -2.21. The van der Waals surface area contributed by atoms with Crippen LogP contribution >= 0.6 is 15.6 Å². The van der Waals surface area contributed by atoms with Gasteiger partial charge in [0, 0.05) is 25.7 Å². The van der Waals surface area contributed by atoms with E-state index in [1.54, 1.807) is 0 Å². The van der Waals surface area contributed by atoms with Gasteiger partial charge in [-0.1, -0.05) is 287 Å². The highest BCUT2D eigenvalue weighted by molar-refractivity contribution is 7.47. The molecule has 19 heteroatoms. The van der Waals surface area contributed by atoms with Crippen molar-refractivity contribution in [1.29, 1.82) is 0 Å². The predicted octanol–water partition coefficient (Wildman–Crippen LogP) is 19.3. The van der Waals surface area contributed by atoms with E-state index < -0.39 is 97.5 Å². The van der Waals surface area contributed by atoms with Crippen LogP contribution in [0, 0.1) is 23.7 Å². The number of phosphoric acid groups is 2. The Labute approximate surface area is 537 Å². The Kier molecular flexibility index (Phi) is 57.6. The van der Waals surface area contributed by atoms with Crippen LogP contribution in [0.15, 0.2) is 0 Å². The van der Waals surface area contributed by atoms with Crippen molar-refractivity contribution in [3.05, 3.63) is 0 Å². The van der Waals surface area contributed by atoms with Gasteiger partial charge in [-0.2, -0.15) is 0 Å². The van der Waals surface area contributed by atoms with Gasteiger partial charge in [-0.15, -0.1) is 0 Å². The van der Waals surface area contributed by atoms with Crippen LogP contribution in [0.25, 0.3) is 0 Å². The molecule has 0 saturated heterocycles. The summed E-state index contributed by atoms with van der Waals surface area (Å²) in [6, 6.07) is 0. The lowest BCUT2D eigenvalue weighted by atomic mass is 9.99. The van der Waals surface area contributed by atoms with Gasteiger partial charge in [-0.3, -0.25) is 37.3 Å². The lowest BCUT2D eigenvalue weighted by Crippen LogP contribution is -2.30. The molecule has 0 rings (SSSR count). The first-order valence-corrected chi connectivity index (χ1v) is 38.7. The van der Waals surface area contributed by atoms with Crippen LogP contribution in [-0.4, -0.2) is 96.7 Å². The van der Waals surface area contributed by atoms with E-state index in [1.165, 1.54) is 135 Å². The molecular weight excluding hydrogens is 1160 g/mol. The SMILES string of the molecule is CCC(C)CCCCCCCCCCC(=O)O[C@H](COC(=O)CCCCCCCCC(C)C)COP(=O)(O)OC[C@H](O)COP(=O)(O)OC[C@@H](COC(=O)CCCCCCCCCCCCCCCCC(C)C)OC(=O)CCCCCCCCCC(C)C. The van der Waals surface area contributed by atoms with Gasteiger partial charge in [0.05, 0.1) is 26.4 Å². The van der Waals surface area contributed by atoms with Crippen molar-refractivity contribution in [3.8, 4) is 0 Å². The van der Waals surface area contributed by atoms with Crippen LogP contribution in [0.2, 0.25) is 0 Å². The fraction of sp³-hybridized carbons (Fsp3) is 0.942. The molecule has 0 fully saturated rings. The second-order valence-corrected chi connectivity index (χ2v) is 29.5. The van der Waals surface area contributed by atoms with E-state index in [1.807, 2.05) is 0 Å². The number of carbonyl (C=O) groups excluding carboxylic acids is 4. The molecule has 0 aromatic rings. The van der Waals surface area contributed by atoms with E-state index in [0.717, 1.165) is 108 Å². The Morgan fingerprint density at radius 2 is 0.545 bits per heavy atom. The number of hydrogen-bond donors (Lipinski definition) is 3. The third-order valence-electron chi connectivity index (χ3n) is 16.2. The summed E-state index contributed by atoms with van der Waals surface area (Å²) in [6.07, 6.45) is 40.6. The minimum Gasteiger partial charge on any atom is -0.462 e. The standard InChI is InChI=1S/C69H134O17P2/c1-9-62(8)48-40-32-23-18-19-25-35-43-51-68(73)85-65(56-80-67(72)50-42-34-28-27-31-39-47-61(6)7)58-84-88(77,78)82-54-63(70)53-81-87(75,76)83-57-64(86-69(74)52-44-36-26-20-22-30-38-46-60(4)5)55-79-66(71)49-41-33-24-17-15-13-11-10-12-14-16-21-29-37-45-59(2)3/h59-65,70H,9-58H2,1-8H3,(H,75,76)(H,77,78)/t62?,63-,64-,65-/m1/s1. The highest BCUT2D eigenvalue weighted by Gasteiger charge is 2.30. The van der Waals surface area contributed by atoms with Gasteiger partial charge in [0.15, 0.2) is 12.2 Å². The molecule has 0 bridgehead atoms. The Bertz CT molecular complexity index is 1750. The Balaban J connectivity index is 5.20. The summed E-state index contributed by atoms with van der Waals surface area (Å²) in [5.74, 6) is 0.808. The van der Waals surface area contributed by atoms with Crippen LogP contribution in [0.4, 0.5) is 0 Å². The van der Waals surface area contributed by atoms with E-state index in [4.69, 9.17) is 37.0 Å². The fourth-order valence-electron chi connectivity index (χ4n) is 10.3. The number of aliphatic hydroxyl groups is 1. The average Bonchev–Trinajstić information content (AvgIpc) is 3.52. The summed E-state index contributed by atoms with van der Waals surface area (Å²) in [5, 5.41) is 10.6. The number of ether oxygens (including phenoxy) is 4. The predicted molar refractivity (Wildman–Crippen MR) is 354 cm³/mol. The summed E-state index contributed by atoms with van der Waals surface area (Å²) < 4.78 is 68.2. The first kappa shape index (κ1) is 86.1. The normalized spacial score (nSPS) is 14.6. The summed E-state index contributed by atoms with van der Waals surface area (Å²) in [4.78, 5) is 72.4. The van der Waals surface area contributed by atoms with E-state index in [9.17, 15) is 43.2 Å². The largest absolute Gasteiger partial charge is 0.472 e. The lowest BCUT2D eigenvalue weighted by molar-refractivity contribution is -0.161. The topological polar surface area (TPSA) is 237 Å². The highest BCUT2D eigenvalue weighted by atomic mass is 31.2. The quantitative estimate of drug-likeness (QED) is 0.0222. The fourth-order valence-corrected chi connectivity index (χ4v) is 11.9. The molecule has 0 amide bonds. The number of aliphatic hydroxyl groups excluding tert-OH is 1. The second kappa shape index (κ2) is 58.8. The van der Waals surface area contributed by atoms with Gasteiger partial charge in [-0.25, -0.2) is 9.13 Å². The van der Waals surface area contributed by atoms with Crippen LogP contribution < -0.4 is 0 Å². The van der Waals surface area contributed by atoms with Crippen molar-refractivity contribution in [2.45, 2.75) is 356 Å². The Morgan fingerprint density at radius 3 is 0.807 bits per heavy atom. The highest BCUT2D eigenvalue weighted by Crippen LogP contribution is 2.45. The number of rotatable bonds is 66. The molecule has 88 heavy (non-hydrogen) atoms. The molecule has 0 radical (unpaired) electrons. The summed E-state index contributed by atoms with van der Waals surface area (Å²) in [7, 11) is -9.90. The maximum atomic E-state index is 13.0. The summed E-state index contributed by atoms with van der Waals surface area (Å²) in [5.41, 5.74) is 0. The van der Waals surface area contributed by atoms with Crippen molar-refractivity contribution in [3.63, 3.8) is 0 Å². The second-order valence-electron chi connectivity index (χ2n) is 26.6. The zero-order valence-corrected chi connectivity index (χ0v) is 59.1. The third kappa shape index (κ3) is 61.6. The van der Waals surface area contributed by atoms with Gasteiger partial charge in [0.1, 0.15) is 19.3 Å². The van der Waals surface area contributed by atoms with Crippen molar-refractivity contribution in [1.82, 2.24) is 0 Å². The molecule has 0 aliphatic heterocycles. The van der Waals surface area contributed by atoms with Crippen LogP contribution in [-0.2, 0) is 65.4 Å². The Hall–Kier alpha value is -1.94. The molecule has 0 heterocycles. The number of hydrogen-bond acceptors (Lipinski definition) is 15. The van der Waals surface area contributed by atoms with E-state index >= 15 is 0 Å². The third-order valence-corrected chi connectivity index (χ3v) is 18.1. The van der Waals surface area contributed by atoms with Crippen molar-refractivity contribution in [2.24, 2.45) is 23.7 Å². The average molecular weight is 1300 g/mol. The van der Waals surface area contributed by atoms with Crippen molar-refractivity contribution >= 4 is 39.5 Å². The molecule has 522 valence electrons. The van der Waals surface area contributed by atoms with Gasteiger partial charge in [0.2, 0.25) is 0 Å². The van der Waals surface area contributed by atoms with Gasteiger partial charge >= 0.3 is 39.5 Å². The first-order valence-electron chi connectivity index (χ1n) is 35.7. The van der Waals surface area contributed by atoms with Crippen molar-refractivity contribution < 1.29 is 80.2 Å². The number of unbranched alkanes of at least 4 members (excludes halogenated alkanes) is 31. The zero-order chi connectivity index (χ0) is 65.4. The number of esters is 4. The van der Waals surface area contributed by atoms with Crippen LogP contribution in [0.1, 0.15) is 338 Å². The van der Waals surface area contributed by atoms with Crippen molar-refractivity contribution in [2.75, 3.05) is 39.6 Å². The van der Waals surface area contributed by atoms with Crippen LogP contribution in [0.3, 0.4) is 0 Å². The molecule has 0 aromatic carbocycles. The molecule has 0 aliphatic carbocycles. The molecule has 0 saturated carbocycles. The van der Waals surface area contributed by atoms with Crippen LogP contribution in [0.5, 0.6) is 0 Å². The molecule has 0 aliphatic rings.